The van der Waals surface area contributed by atoms with E-state index in [1.165, 1.54) is 12.0 Å². The fourth-order valence-electron chi connectivity index (χ4n) is 1.96. The molecule has 102 valence electrons. The van der Waals surface area contributed by atoms with Crippen LogP contribution in [-0.4, -0.2) is 49.0 Å². The number of nitrogens with one attached hydrogen (secondary N) is 1. The van der Waals surface area contributed by atoms with Gasteiger partial charge < -0.3 is 20.7 Å². The molecule has 3 amide bonds. The van der Waals surface area contributed by atoms with E-state index in [4.69, 9.17) is 5.73 Å². The number of ether oxygens (including phenoxy) is 1. The van der Waals surface area contributed by atoms with Gasteiger partial charge in [-0.05, 0) is 19.8 Å². The quantitative estimate of drug-likeness (QED) is 0.662. The number of esters is 1. The van der Waals surface area contributed by atoms with E-state index in [2.05, 4.69) is 10.1 Å². The van der Waals surface area contributed by atoms with Crippen molar-refractivity contribution in [1.82, 2.24) is 10.2 Å². The second kappa shape index (κ2) is 6.23. The van der Waals surface area contributed by atoms with E-state index < -0.39 is 18.0 Å². The van der Waals surface area contributed by atoms with Crippen molar-refractivity contribution in [3.05, 3.63) is 0 Å². The normalized spacial score (nSPS) is 21.0. The second-order valence-corrected chi connectivity index (χ2v) is 4.38. The van der Waals surface area contributed by atoms with E-state index in [0.717, 1.165) is 6.42 Å². The van der Waals surface area contributed by atoms with Gasteiger partial charge in [0.05, 0.1) is 13.0 Å². The first-order chi connectivity index (χ1) is 8.45. The minimum absolute atomic E-state index is 0.251. The molecule has 1 aliphatic rings. The number of amides is 3. The Bertz CT molecular complexity index is 345. The number of likely N-dealkylation sites (tertiary alicyclic amines) is 1. The first-order valence-electron chi connectivity index (χ1n) is 5.88. The highest BCUT2D eigenvalue weighted by molar-refractivity contribution is 5.86. The molecule has 0 bridgehead atoms. The number of rotatable bonds is 3. The van der Waals surface area contributed by atoms with Crippen LogP contribution in [0.15, 0.2) is 0 Å². The number of methoxy groups -OCH3 is 1. The summed E-state index contributed by atoms with van der Waals surface area (Å²) in [5, 5.41) is 2.57. The van der Waals surface area contributed by atoms with Gasteiger partial charge in [0, 0.05) is 13.1 Å². The highest BCUT2D eigenvalue weighted by Crippen LogP contribution is 2.16. The third kappa shape index (κ3) is 3.61. The van der Waals surface area contributed by atoms with Crippen LogP contribution in [0.25, 0.3) is 0 Å². The summed E-state index contributed by atoms with van der Waals surface area (Å²) in [4.78, 5) is 35.6. The molecule has 1 saturated heterocycles. The summed E-state index contributed by atoms with van der Waals surface area (Å²) in [6.45, 7) is 2.43. The van der Waals surface area contributed by atoms with Crippen molar-refractivity contribution >= 4 is 17.9 Å². The Labute approximate surface area is 106 Å². The molecule has 1 rings (SSSR count). The Morgan fingerprint density at radius 3 is 2.67 bits per heavy atom. The van der Waals surface area contributed by atoms with E-state index in [1.807, 2.05) is 0 Å². The zero-order valence-electron chi connectivity index (χ0n) is 10.6. The van der Waals surface area contributed by atoms with Crippen LogP contribution in [0.2, 0.25) is 0 Å². The maximum absolute atomic E-state index is 11.9. The maximum Gasteiger partial charge on any atom is 0.328 e. The Balaban J connectivity index is 2.51. The minimum atomic E-state index is -0.688. The predicted molar refractivity (Wildman–Crippen MR) is 63.5 cm³/mol. The van der Waals surface area contributed by atoms with Gasteiger partial charge in [-0.1, -0.05) is 0 Å². The van der Waals surface area contributed by atoms with E-state index in [1.54, 1.807) is 6.92 Å². The summed E-state index contributed by atoms with van der Waals surface area (Å²) in [7, 11) is 1.26. The van der Waals surface area contributed by atoms with E-state index in [-0.39, 0.29) is 11.8 Å². The van der Waals surface area contributed by atoms with E-state index in [0.29, 0.717) is 19.5 Å². The van der Waals surface area contributed by atoms with Gasteiger partial charge in [0.2, 0.25) is 5.91 Å². The Morgan fingerprint density at radius 1 is 1.44 bits per heavy atom. The summed E-state index contributed by atoms with van der Waals surface area (Å²) in [6, 6.07) is -1.21. The molecule has 7 heteroatoms. The molecule has 0 aliphatic carbocycles. The van der Waals surface area contributed by atoms with Gasteiger partial charge in [-0.2, -0.15) is 0 Å². The van der Waals surface area contributed by atoms with Gasteiger partial charge in [-0.3, -0.25) is 4.79 Å². The third-order valence-corrected chi connectivity index (χ3v) is 3.02. The van der Waals surface area contributed by atoms with Crippen LogP contribution in [0.3, 0.4) is 0 Å². The van der Waals surface area contributed by atoms with Crippen molar-refractivity contribution in [2.24, 2.45) is 11.7 Å². The number of nitrogens with zero attached hydrogens (tertiary/aromatic N) is 1. The molecule has 18 heavy (non-hydrogen) atoms. The van der Waals surface area contributed by atoms with Crippen LogP contribution in [-0.2, 0) is 14.3 Å². The van der Waals surface area contributed by atoms with Gasteiger partial charge in [-0.15, -0.1) is 0 Å². The van der Waals surface area contributed by atoms with Crippen LogP contribution < -0.4 is 11.1 Å². The highest BCUT2D eigenvalue weighted by atomic mass is 16.5. The predicted octanol–water partition coefficient (Wildman–Crippen LogP) is -0.545. The molecule has 1 heterocycles. The Morgan fingerprint density at radius 2 is 2.11 bits per heavy atom. The van der Waals surface area contributed by atoms with Gasteiger partial charge in [-0.25, -0.2) is 9.59 Å². The molecule has 1 aliphatic heterocycles. The van der Waals surface area contributed by atoms with Gasteiger partial charge in [0.15, 0.2) is 0 Å². The fourth-order valence-corrected chi connectivity index (χ4v) is 1.96. The largest absolute Gasteiger partial charge is 0.467 e. The average molecular weight is 257 g/mol. The summed E-state index contributed by atoms with van der Waals surface area (Å²) in [6.07, 6.45) is 1.41. The number of hydrogen-bond donors (Lipinski definition) is 2. The first-order valence-corrected chi connectivity index (χ1v) is 5.88. The van der Waals surface area contributed by atoms with Crippen LogP contribution in [0.1, 0.15) is 19.8 Å². The molecular weight excluding hydrogens is 238 g/mol. The fraction of sp³-hybridized carbons (Fsp3) is 0.727. The minimum Gasteiger partial charge on any atom is -0.467 e. The second-order valence-electron chi connectivity index (χ2n) is 4.38. The lowest BCUT2D eigenvalue weighted by Gasteiger charge is -2.31. The van der Waals surface area contributed by atoms with E-state index in [9.17, 15) is 14.4 Å². The number of carbonyl (C=O) groups is 3. The highest BCUT2D eigenvalue weighted by Gasteiger charge is 2.29. The van der Waals surface area contributed by atoms with Crippen LogP contribution in [0, 0.1) is 5.92 Å². The number of nitrogens with two attached hydrogens (primary N) is 1. The van der Waals surface area contributed by atoms with Crippen molar-refractivity contribution in [3.63, 3.8) is 0 Å². The van der Waals surface area contributed by atoms with Gasteiger partial charge in [0.25, 0.3) is 0 Å². The molecule has 0 aromatic heterocycles. The SMILES string of the molecule is COC(=O)C(C)NC(=O)C1CCCN(C(N)=O)C1. The molecule has 1 fully saturated rings. The molecular formula is C11H19N3O4. The topological polar surface area (TPSA) is 102 Å². The molecule has 0 spiro atoms. The van der Waals surface area contributed by atoms with E-state index >= 15 is 0 Å². The Kier molecular flexibility index (Phi) is 4.94. The maximum atomic E-state index is 11.9. The Hall–Kier alpha value is -1.79. The van der Waals surface area contributed by atoms with Crippen molar-refractivity contribution in [2.75, 3.05) is 20.2 Å². The zero-order chi connectivity index (χ0) is 13.7. The number of carbonyl (C=O) groups excluding carboxylic acids is 3. The number of urea groups is 1. The molecule has 7 nitrogen and oxygen atoms in total. The summed E-state index contributed by atoms with van der Waals surface area (Å²) in [5.74, 6) is -1.07. The van der Waals surface area contributed by atoms with Gasteiger partial charge in [0.1, 0.15) is 6.04 Å². The summed E-state index contributed by atoms with van der Waals surface area (Å²) < 4.78 is 4.52. The molecule has 0 aromatic rings. The van der Waals surface area contributed by atoms with Crippen LogP contribution in [0.4, 0.5) is 4.79 Å². The molecule has 2 atom stereocenters. The molecule has 0 saturated carbocycles. The molecule has 0 radical (unpaired) electrons. The molecule has 0 aromatic carbocycles. The van der Waals surface area contributed by atoms with Crippen molar-refractivity contribution in [3.8, 4) is 0 Å². The van der Waals surface area contributed by atoms with Crippen molar-refractivity contribution in [2.45, 2.75) is 25.8 Å². The lowest BCUT2D eigenvalue weighted by molar-refractivity contribution is -0.145. The zero-order valence-corrected chi connectivity index (χ0v) is 10.6. The van der Waals surface area contributed by atoms with Crippen molar-refractivity contribution < 1.29 is 19.1 Å². The number of primary amides is 1. The summed E-state index contributed by atoms with van der Waals surface area (Å²) in [5.41, 5.74) is 5.18. The monoisotopic (exact) mass is 257 g/mol. The molecule has 3 N–H and O–H groups in total. The number of piperidine rings is 1. The van der Waals surface area contributed by atoms with Crippen LogP contribution in [0.5, 0.6) is 0 Å². The smallest absolute Gasteiger partial charge is 0.328 e. The van der Waals surface area contributed by atoms with Crippen molar-refractivity contribution in [1.29, 1.82) is 0 Å². The third-order valence-electron chi connectivity index (χ3n) is 3.02. The standard InChI is InChI=1S/C11H19N3O4/c1-7(10(16)18-2)13-9(15)8-4-3-5-14(6-8)11(12)17/h7-8H,3-6H2,1-2H3,(H2,12,17)(H,13,15). The average Bonchev–Trinajstić information content (AvgIpc) is 2.37. The lowest BCUT2D eigenvalue weighted by atomic mass is 9.97. The number of hydrogen-bond acceptors (Lipinski definition) is 4. The molecule has 2 unspecified atom stereocenters. The van der Waals surface area contributed by atoms with Gasteiger partial charge >= 0.3 is 12.0 Å². The lowest BCUT2D eigenvalue weighted by Crippen LogP contribution is -2.49. The summed E-state index contributed by atoms with van der Waals surface area (Å²) >= 11 is 0. The van der Waals surface area contributed by atoms with Crippen LogP contribution >= 0.6 is 0 Å². The first kappa shape index (κ1) is 14.3.